The molecule has 0 bridgehead atoms. The van der Waals surface area contributed by atoms with Crippen LogP contribution >= 0.6 is 0 Å². The lowest BCUT2D eigenvalue weighted by Crippen LogP contribution is -2.49. The number of hydrogen-bond donors (Lipinski definition) is 1. The smallest absolute Gasteiger partial charge is 0.325 e. The lowest BCUT2D eigenvalue weighted by Gasteiger charge is -2.35. The second kappa shape index (κ2) is 7.96. The van der Waals surface area contributed by atoms with Gasteiger partial charge in [-0.3, -0.25) is 4.79 Å². The highest BCUT2D eigenvalue weighted by Crippen LogP contribution is 2.17. The molecule has 1 saturated heterocycles. The highest BCUT2D eigenvalue weighted by molar-refractivity contribution is 5.80. The molecular formula is C15H31N3O2. The zero-order valence-electron chi connectivity index (χ0n) is 13.7. The van der Waals surface area contributed by atoms with Crippen molar-refractivity contribution >= 4 is 5.97 Å². The lowest BCUT2D eigenvalue weighted by atomic mass is 9.95. The third-order valence-electron chi connectivity index (χ3n) is 4.69. The van der Waals surface area contributed by atoms with E-state index in [1.807, 2.05) is 14.0 Å². The molecule has 1 N–H and O–H groups in total. The zero-order valence-corrected chi connectivity index (χ0v) is 13.7. The van der Waals surface area contributed by atoms with Crippen LogP contribution in [0.5, 0.6) is 0 Å². The fourth-order valence-electron chi connectivity index (χ4n) is 2.85. The van der Waals surface area contributed by atoms with E-state index in [2.05, 4.69) is 29.2 Å². The molecule has 0 saturated carbocycles. The number of carbonyl (C=O) groups excluding carboxylic acids is 1. The molecule has 1 heterocycles. The van der Waals surface area contributed by atoms with Crippen molar-refractivity contribution in [2.24, 2.45) is 0 Å². The highest BCUT2D eigenvalue weighted by Gasteiger charge is 2.32. The largest absolute Gasteiger partial charge is 0.468 e. The molecule has 1 aliphatic heterocycles. The third-order valence-corrected chi connectivity index (χ3v) is 4.69. The molecule has 0 aromatic heterocycles. The van der Waals surface area contributed by atoms with Gasteiger partial charge in [0.25, 0.3) is 0 Å². The normalized spacial score (nSPS) is 20.9. The Morgan fingerprint density at radius 2 is 2.05 bits per heavy atom. The number of nitrogens with zero attached hydrogens (tertiary/aromatic N) is 2. The minimum absolute atomic E-state index is 0.179. The number of hydrogen-bond acceptors (Lipinski definition) is 5. The van der Waals surface area contributed by atoms with E-state index in [9.17, 15) is 4.79 Å². The first-order valence-corrected chi connectivity index (χ1v) is 7.59. The van der Waals surface area contributed by atoms with E-state index in [0.29, 0.717) is 6.04 Å². The molecular weight excluding hydrogens is 254 g/mol. The molecule has 20 heavy (non-hydrogen) atoms. The van der Waals surface area contributed by atoms with Crippen LogP contribution in [0.2, 0.25) is 0 Å². The number of rotatable bonds is 7. The van der Waals surface area contributed by atoms with E-state index in [1.165, 1.54) is 33.0 Å². The number of likely N-dealkylation sites (tertiary alicyclic amines) is 1. The van der Waals surface area contributed by atoms with Crippen LogP contribution in [0.25, 0.3) is 0 Å². The van der Waals surface area contributed by atoms with E-state index >= 15 is 0 Å². The SMILES string of the molecule is CNC(C)(CCCN(C)C1CCN(C)CC1)C(=O)OC. The minimum atomic E-state index is -0.567. The number of carbonyl (C=O) groups is 1. The van der Waals surface area contributed by atoms with Gasteiger partial charge < -0.3 is 19.9 Å². The quantitative estimate of drug-likeness (QED) is 0.706. The molecule has 0 aromatic rings. The first kappa shape index (κ1) is 17.4. The molecule has 5 nitrogen and oxygen atoms in total. The molecule has 1 atom stereocenters. The number of ether oxygens (including phenoxy) is 1. The van der Waals surface area contributed by atoms with Crippen LogP contribution in [-0.4, -0.2) is 75.2 Å². The number of methoxy groups -OCH3 is 1. The summed E-state index contributed by atoms with van der Waals surface area (Å²) < 4.78 is 4.87. The van der Waals surface area contributed by atoms with Gasteiger partial charge >= 0.3 is 5.97 Å². The van der Waals surface area contributed by atoms with Gasteiger partial charge in [0.1, 0.15) is 5.54 Å². The topological polar surface area (TPSA) is 44.8 Å². The zero-order chi connectivity index (χ0) is 15.2. The van der Waals surface area contributed by atoms with Crippen LogP contribution in [0.4, 0.5) is 0 Å². The summed E-state index contributed by atoms with van der Waals surface area (Å²) in [7, 11) is 7.65. The fourth-order valence-corrected chi connectivity index (χ4v) is 2.85. The van der Waals surface area contributed by atoms with E-state index < -0.39 is 5.54 Å². The predicted molar refractivity (Wildman–Crippen MR) is 81.9 cm³/mol. The van der Waals surface area contributed by atoms with Crippen molar-refractivity contribution in [1.82, 2.24) is 15.1 Å². The van der Waals surface area contributed by atoms with Gasteiger partial charge in [0.05, 0.1) is 7.11 Å². The van der Waals surface area contributed by atoms with Crippen molar-refractivity contribution in [2.75, 3.05) is 47.9 Å². The van der Waals surface area contributed by atoms with Gasteiger partial charge in [-0.05, 0) is 73.4 Å². The second-order valence-corrected chi connectivity index (χ2v) is 6.19. The van der Waals surface area contributed by atoms with E-state index in [1.54, 1.807) is 0 Å². The van der Waals surface area contributed by atoms with Crippen molar-refractivity contribution in [2.45, 2.75) is 44.2 Å². The summed E-state index contributed by atoms with van der Waals surface area (Å²) in [5, 5.41) is 3.09. The van der Waals surface area contributed by atoms with E-state index in [-0.39, 0.29) is 5.97 Å². The van der Waals surface area contributed by atoms with Crippen molar-refractivity contribution < 1.29 is 9.53 Å². The van der Waals surface area contributed by atoms with Crippen LogP contribution in [-0.2, 0) is 9.53 Å². The second-order valence-electron chi connectivity index (χ2n) is 6.19. The molecule has 0 spiro atoms. The first-order valence-electron chi connectivity index (χ1n) is 7.59. The van der Waals surface area contributed by atoms with Crippen molar-refractivity contribution in [1.29, 1.82) is 0 Å². The monoisotopic (exact) mass is 285 g/mol. The molecule has 0 radical (unpaired) electrons. The Balaban J connectivity index is 2.33. The molecule has 1 rings (SSSR count). The molecule has 1 unspecified atom stereocenters. The average Bonchev–Trinajstić information content (AvgIpc) is 2.46. The molecule has 1 aliphatic rings. The fraction of sp³-hybridized carbons (Fsp3) is 0.933. The Morgan fingerprint density at radius 1 is 1.45 bits per heavy atom. The van der Waals surface area contributed by atoms with Crippen molar-refractivity contribution in [3.8, 4) is 0 Å². The number of piperidine rings is 1. The van der Waals surface area contributed by atoms with Crippen molar-refractivity contribution in [3.63, 3.8) is 0 Å². The molecule has 118 valence electrons. The van der Waals surface area contributed by atoms with Gasteiger partial charge in [-0.1, -0.05) is 0 Å². The van der Waals surface area contributed by atoms with Crippen LogP contribution in [0.15, 0.2) is 0 Å². The van der Waals surface area contributed by atoms with E-state index in [0.717, 1.165) is 19.4 Å². The first-order chi connectivity index (χ1) is 9.42. The molecule has 1 fully saturated rings. The Hall–Kier alpha value is -0.650. The predicted octanol–water partition coefficient (Wildman–Crippen LogP) is 0.944. The maximum absolute atomic E-state index is 11.8. The molecule has 0 aromatic carbocycles. The van der Waals surface area contributed by atoms with Crippen LogP contribution < -0.4 is 5.32 Å². The van der Waals surface area contributed by atoms with Gasteiger partial charge in [0, 0.05) is 6.04 Å². The van der Waals surface area contributed by atoms with Crippen LogP contribution in [0, 0.1) is 0 Å². The summed E-state index contributed by atoms with van der Waals surface area (Å²) >= 11 is 0. The van der Waals surface area contributed by atoms with Gasteiger partial charge in [0.2, 0.25) is 0 Å². The van der Waals surface area contributed by atoms with Gasteiger partial charge in [0.15, 0.2) is 0 Å². The number of esters is 1. The van der Waals surface area contributed by atoms with Gasteiger partial charge in [-0.15, -0.1) is 0 Å². The summed E-state index contributed by atoms with van der Waals surface area (Å²) in [6.07, 6.45) is 4.28. The van der Waals surface area contributed by atoms with Gasteiger partial charge in [-0.25, -0.2) is 0 Å². The standard InChI is InChI=1S/C15H31N3O2/c1-15(16-2,14(19)20-5)9-6-10-18(4)13-7-11-17(3)12-8-13/h13,16H,6-12H2,1-5H3. The van der Waals surface area contributed by atoms with Crippen LogP contribution in [0.3, 0.4) is 0 Å². The summed E-state index contributed by atoms with van der Waals surface area (Å²) in [4.78, 5) is 16.6. The molecule has 0 amide bonds. The Labute approximate surface area is 123 Å². The Morgan fingerprint density at radius 3 is 2.55 bits per heavy atom. The molecule has 5 heteroatoms. The average molecular weight is 285 g/mol. The summed E-state index contributed by atoms with van der Waals surface area (Å²) in [5.74, 6) is -0.179. The maximum Gasteiger partial charge on any atom is 0.325 e. The number of likely N-dealkylation sites (N-methyl/N-ethyl adjacent to an activating group) is 1. The van der Waals surface area contributed by atoms with Crippen molar-refractivity contribution in [3.05, 3.63) is 0 Å². The van der Waals surface area contributed by atoms with Crippen LogP contribution in [0.1, 0.15) is 32.6 Å². The Kier molecular flexibility index (Phi) is 6.92. The molecule has 0 aliphatic carbocycles. The maximum atomic E-state index is 11.8. The summed E-state index contributed by atoms with van der Waals surface area (Å²) in [6, 6.07) is 0.685. The lowest BCUT2D eigenvalue weighted by molar-refractivity contribution is -0.148. The summed E-state index contributed by atoms with van der Waals surface area (Å²) in [5.41, 5.74) is -0.567. The Bertz CT molecular complexity index is 303. The van der Waals surface area contributed by atoms with E-state index in [4.69, 9.17) is 4.74 Å². The summed E-state index contributed by atoms with van der Waals surface area (Å²) in [6.45, 7) is 5.31. The number of nitrogens with one attached hydrogen (secondary N) is 1. The van der Waals surface area contributed by atoms with Gasteiger partial charge in [-0.2, -0.15) is 0 Å². The highest BCUT2D eigenvalue weighted by atomic mass is 16.5. The third kappa shape index (κ3) is 4.72. The minimum Gasteiger partial charge on any atom is -0.468 e.